The van der Waals surface area contributed by atoms with Gasteiger partial charge < -0.3 is 4.74 Å². The zero-order chi connectivity index (χ0) is 12.4. The van der Waals surface area contributed by atoms with Crippen LogP contribution < -0.4 is 0 Å². The zero-order valence-electron chi connectivity index (χ0n) is 9.06. The van der Waals surface area contributed by atoms with E-state index in [0.717, 1.165) is 19.4 Å². The third-order valence-corrected chi connectivity index (χ3v) is 4.48. The molecule has 1 saturated heterocycles. The monoisotopic (exact) mass is 340 g/mol. The summed E-state index contributed by atoms with van der Waals surface area (Å²) in [6, 6.07) is 2.93. The molecular formula is C12H12BrCl2FO. The lowest BCUT2D eigenvalue weighted by atomic mass is 10.0. The Labute approximate surface area is 118 Å². The molecule has 0 spiro atoms. The van der Waals surface area contributed by atoms with Crippen molar-refractivity contribution in [2.24, 2.45) is 0 Å². The van der Waals surface area contributed by atoms with Crippen molar-refractivity contribution in [2.75, 3.05) is 6.61 Å². The van der Waals surface area contributed by atoms with E-state index in [1.54, 1.807) is 6.07 Å². The van der Waals surface area contributed by atoms with Gasteiger partial charge in [-0.3, -0.25) is 0 Å². The normalized spacial score (nSPS) is 21.8. The van der Waals surface area contributed by atoms with Gasteiger partial charge in [0.1, 0.15) is 5.82 Å². The van der Waals surface area contributed by atoms with Gasteiger partial charge in [-0.1, -0.05) is 11.6 Å². The Bertz CT molecular complexity index is 408. The molecule has 2 rings (SSSR count). The highest BCUT2D eigenvalue weighted by molar-refractivity contribution is 9.10. The molecule has 0 radical (unpaired) electrons. The molecule has 17 heavy (non-hydrogen) atoms. The molecule has 5 heteroatoms. The quantitative estimate of drug-likeness (QED) is 0.549. The van der Waals surface area contributed by atoms with Crippen LogP contribution in [-0.4, -0.2) is 12.7 Å². The number of hydrogen-bond donors (Lipinski definition) is 0. The summed E-state index contributed by atoms with van der Waals surface area (Å²) >= 11 is 15.3. The lowest BCUT2D eigenvalue weighted by molar-refractivity contribution is 0.103. The van der Waals surface area contributed by atoms with Gasteiger partial charge in [-0.2, -0.15) is 0 Å². The van der Waals surface area contributed by atoms with Crippen molar-refractivity contribution in [3.05, 3.63) is 33.0 Å². The molecular weight excluding hydrogens is 330 g/mol. The lowest BCUT2D eigenvalue weighted by Gasteiger charge is -2.16. The van der Waals surface area contributed by atoms with Gasteiger partial charge in [-0.15, -0.1) is 11.6 Å². The van der Waals surface area contributed by atoms with Crippen LogP contribution in [-0.2, 0) is 4.74 Å². The van der Waals surface area contributed by atoms with Crippen LogP contribution >= 0.6 is 39.1 Å². The minimum absolute atomic E-state index is 0.138. The minimum atomic E-state index is -0.399. The van der Waals surface area contributed by atoms with Crippen LogP contribution in [0.15, 0.2) is 16.6 Å². The fourth-order valence-electron chi connectivity index (χ4n) is 1.97. The van der Waals surface area contributed by atoms with Crippen molar-refractivity contribution in [1.82, 2.24) is 0 Å². The van der Waals surface area contributed by atoms with Crippen molar-refractivity contribution >= 4 is 39.1 Å². The van der Waals surface area contributed by atoms with Gasteiger partial charge in [0.05, 0.1) is 16.5 Å². The summed E-state index contributed by atoms with van der Waals surface area (Å²) in [4.78, 5) is 0. The Morgan fingerprint density at radius 3 is 2.94 bits per heavy atom. The summed E-state index contributed by atoms with van der Waals surface area (Å²) < 4.78 is 19.8. The number of benzene rings is 1. The molecule has 1 aromatic carbocycles. The Hall–Kier alpha value is 0.170. The molecule has 94 valence electrons. The van der Waals surface area contributed by atoms with Gasteiger partial charge in [-0.05, 0) is 47.3 Å². The Morgan fingerprint density at radius 2 is 2.29 bits per heavy atom. The van der Waals surface area contributed by atoms with Crippen LogP contribution in [0.3, 0.4) is 0 Å². The lowest BCUT2D eigenvalue weighted by Crippen LogP contribution is -2.09. The van der Waals surface area contributed by atoms with E-state index in [4.69, 9.17) is 27.9 Å². The predicted octanol–water partition coefficient (Wildman–Crippen LogP) is 5.09. The maximum atomic E-state index is 13.7. The topological polar surface area (TPSA) is 9.23 Å². The van der Waals surface area contributed by atoms with E-state index in [2.05, 4.69) is 15.9 Å². The van der Waals surface area contributed by atoms with E-state index in [9.17, 15) is 4.39 Å². The Kier molecular flexibility index (Phi) is 4.70. The molecule has 0 amide bonds. The van der Waals surface area contributed by atoms with E-state index >= 15 is 0 Å². The number of halogens is 4. The summed E-state index contributed by atoms with van der Waals surface area (Å²) in [7, 11) is 0. The summed E-state index contributed by atoms with van der Waals surface area (Å²) in [5, 5.41) is 0.0723. The van der Waals surface area contributed by atoms with Gasteiger partial charge in [-0.25, -0.2) is 4.39 Å². The number of rotatable bonds is 3. The fraction of sp³-hybridized carbons (Fsp3) is 0.500. The number of hydrogen-bond acceptors (Lipinski definition) is 1. The Morgan fingerprint density at radius 1 is 1.53 bits per heavy atom. The largest absolute Gasteiger partial charge is 0.378 e. The maximum absolute atomic E-state index is 13.7. The van der Waals surface area contributed by atoms with Crippen molar-refractivity contribution in [3.63, 3.8) is 0 Å². The average Bonchev–Trinajstić information content (AvgIpc) is 2.76. The van der Waals surface area contributed by atoms with Gasteiger partial charge >= 0.3 is 0 Å². The summed E-state index contributed by atoms with van der Waals surface area (Å²) in [6.07, 6.45) is 2.81. The second-order valence-electron chi connectivity index (χ2n) is 4.13. The number of alkyl halides is 1. The summed E-state index contributed by atoms with van der Waals surface area (Å²) in [5.41, 5.74) is 0.440. The molecule has 0 saturated carbocycles. The third kappa shape index (κ3) is 3.34. The van der Waals surface area contributed by atoms with Crippen LogP contribution in [0.25, 0.3) is 0 Å². The third-order valence-electron chi connectivity index (χ3n) is 2.87. The van der Waals surface area contributed by atoms with Crippen LogP contribution in [0.5, 0.6) is 0 Å². The van der Waals surface area contributed by atoms with Crippen molar-refractivity contribution < 1.29 is 9.13 Å². The first kappa shape index (κ1) is 13.6. The highest BCUT2D eigenvalue weighted by Crippen LogP contribution is 2.35. The van der Waals surface area contributed by atoms with Gasteiger partial charge in [0.25, 0.3) is 0 Å². The molecule has 2 atom stereocenters. The Balaban J connectivity index is 2.12. The first-order chi connectivity index (χ1) is 8.08. The molecule has 0 aromatic heterocycles. The first-order valence-electron chi connectivity index (χ1n) is 5.48. The highest BCUT2D eigenvalue weighted by Gasteiger charge is 2.23. The molecule has 1 aromatic rings. The van der Waals surface area contributed by atoms with Crippen molar-refractivity contribution in [2.45, 2.75) is 30.7 Å². The molecule has 0 bridgehead atoms. The molecule has 2 unspecified atom stereocenters. The molecule has 1 nitrogen and oxygen atoms in total. The highest BCUT2D eigenvalue weighted by atomic mass is 79.9. The molecule has 1 aliphatic heterocycles. The second-order valence-corrected chi connectivity index (χ2v) is 5.91. The van der Waals surface area contributed by atoms with Gasteiger partial charge in [0.2, 0.25) is 0 Å². The van der Waals surface area contributed by atoms with E-state index in [1.165, 1.54) is 6.07 Å². The van der Waals surface area contributed by atoms with Crippen molar-refractivity contribution in [3.8, 4) is 0 Å². The van der Waals surface area contributed by atoms with Crippen LogP contribution in [0.4, 0.5) is 4.39 Å². The SMILES string of the molecule is Fc1cc(Br)c(Cl)cc1C(Cl)CC1CCCO1. The molecule has 1 heterocycles. The zero-order valence-corrected chi connectivity index (χ0v) is 12.2. The summed E-state index contributed by atoms with van der Waals surface area (Å²) in [5.74, 6) is -0.334. The smallest absolute Gasteiger partial charge is 0.129 e. The van der Waals surface area contributed by atoms with E-state index in [-0.39, 0.29) is 11.9 Å². The standard InChI is InChI=1S/C12H12BrCl2FO/c13-9-6-12(16)8(5-11(9)15)10(14)4-7-2-1-3-17-7/h5-7,10H,1-4H2. The maximum Gasteiger partial charge on any atom is 0.129 e. The molecule has 0 N–H and O–H groups in total. The predicted molar refractivity (Wildman–Crippen MR) is 71.3 cm³/mol. The van der Waals surface area contributed by atoms with Crippen LogP contribution in [0.1, 0.15) is 30.2 Å². The van der Waals surface area contributed by atoms with E-state index in [0.29, 0.717) is 21.5 Å². The molecule has 1 fully saturated rings. The van der Waals surface area contributed by atoms with Gasteiger partial charge in [0, 0.05) is 16.6 Å². The van der Waals surface area contributed by atoms with Gasteiger partial charge in [0.15, 0.2) is 0 Å². The van der Waals surface area contributed by atoms with Crippen LogP contribution in [0, 0.1) is 5.82 Å². The van der Waals surface area contributed by atoms with E-state index in [1.807, 2.05) is 0 Å². The fourth-order valence-corrected chi connectivity index (χ4v) is 2.82. The average molecular weight is 342 g/mol. The van der Waals surface area contributed by atoms with E-state index < -0.39 is 5.38 Å². The molecule has 0 aliphatic carbocycles. The second kappa shape index (κ2) is 5.87. The number of ether oxygens (including phenoxy) is 1. The minimum Gasteiger partial charge on any atom is -0.378 e. The summed E-state index contributed by atoms with van der Waals surface area (Å²) in [6.45, 7) is 0.776. The van der Waals surface area contributed by atoms with Crippen LogP contribution in [0.2, 0.25) is 5.02 Å². The first-order valence-corrected chi connectivity index (χ1v) is 7.09. The molecule has 1 aliphatic rings. The van der Waals surface area contributed by atoms with Crippen molar-refractivity contribution in [1.29, 1.82) is 0 Å².